The summed E-state index contributed by atoms with van der Waals surface area (Å²) in [6.45, 7) is 9.74. The fourth-order valence-electron chi connectivity index (χ4n) is 2.15. The molecule has 1 rings (SSSR count). The molecule has 7 nitrogen and oxygen atoms in total. The van der Waals surface area contributed by atoms with Crippen LogP contribution in [0.1, 0.15) is 50.7 Å². The highest BCUT2D eigenvalue weighted by Crippen LogP contribution is 2.11. The zero-order valence-electron chi connectivity index (χ0n) is 17.1. The molecule has 0 saturated carbocycles. The third-order valence-electron chi connectivity index (χ3n) is 3.31. The SMILES string of the molecule is CN=C(NCCCCc1nc(C)cs1)NCCCNC(=O)OC(C)(C)C.I. The Kier molecular flexibility index (Phi) is 13.4. The Hall–Kier alpha value is -1.10. The van der Waals surface area contributed by atoms with Crippen LogP contribution in [0.5, 0.6) is 0 Å². The van der Waals surface area contributed by atoms with Crippen LogP contribution >= 0.6 is 35.3 Å². The molecule has 0 spiro atoms. The molecule has 0 aliphatic heterocycles. The van der Waals surface area contributed by atoms with Crippen LogP contribution < -0.4 is 16.0 Å². The van der Waals surface area contributed by atoms with Gasteiger partial charge < -0.3 is 20.7 Å². The molecule has 1 aromatic heterocycles. The van der Waals surface area contributed by atoms with Crippen molar-refractivity contribution >= 4 is 47.4 Å². The highest BCUT2D eigenvalue weighted by Gasteiger charge is 2.15. The van der Waals surface area contributed by atoms with Crippen LogP contribution in [0.3, 0.4) is 0 Å². The van der Waals surface area contributed by atoms with Gasteiger partial charge in [0.25, 0.3) is 0 Å². The van der Waals surface area contributed by atoms with Gasteiger partial charge in [-0.25, -0.2) is 9.78 Å². The number of rotatable bonds is 9. The number of nitrogens with one attached hydrogen (secondary N) is 3. The smallest absolute Gasteiger partial charge is 0.407 e. The standard InChI is InChI=1S/C18H33N5O2S.HI/c1-14-13-26-15(23-14)9-6-7-10-20-16(19-5)21-11-8-12-22-17(24)25-18(2,3)4;/h13H,6-12H2,1-5H3,(H,22,24)(H2,19,20,21);1H. The van der Waals surface area contributed by atoms with Crippen molar-refractivity contribution in [1.82, 2.24) is 20.9 Å². The molecule has 0 atom stereocenters. The van der Waals surface area contributed by atoms with Crippen molar-refractivity contribution in [3.8, 4) is 0 Å². The third kappa shape index (κ3) is 13.7. The van der Waals surface area contributed by atoms with Gasteiger partial charge in [0.15, 0.2) is 5.96 Å². The molecule has 156 valence electrons. The molecule has 9 heteroatoms. The van der Waals surface area contributed by atoms with Crippen LogP contribution in [0.25, 0.3) is 0 Å². The first-order chi connectivity index (χ1) is 12.3. The molecular formula is C18H34IN5O2S. The van der Waals surface area contributed by atoms with Gasteiger partial charge in [0.05, 0.1) is 5.01 Å². The molecule has 1 heterocycles. The van der Waals surface area contributed by atoms with Gasteiger partial charge >= 0.3 is 6.09 Å². The molecule has 1 aromatic rings. The van der Waals surface area contributed by atoms with Crippen LogP contribution in [0.15, 0.2) is 10.4 Å². The van der Waals surface area contributed by atoms with Crippen molar-refractivity contribution in [3.05, 3.63) is 16.1 Å². The number of carbonyl (C=O) groups excluding carboxylic acids is 1. The van der Waals surface area contributed by atoms with E-state index in [1.54, 1.807) is 18.4 Å². The Balaban J connectivity index is 0.00000676. The fourth-order valence-corrected chi connectivity index (χ4v) is 2.96. The molecule has 3 N–H and O–H groups in total. The summed E-state index contributed by atoms with van der Waals surface area (Å²) in [6.07, 6.45) is 3.62. The number of guanidine groups is 1. The molecule has 0 aromatic carbocycles. The summed E-state index contributed by atoms with van der Waals surface area (Å²) < 4.78 is 5.19. The number of aryl methyl sites for hydroxylation is 2. The van der Waals surface area contributed by atoms with Crippen LogP contribution in [0.4, 0.5) is 4.79 Å². The van der Waals surface area contributed by atoms with Crippen LogP contribution in [0.2, 0.25) is 0 Å². The Morgan fingerprint density at radius 1 is 1.15 bits per heavy atom. The summed E-state index contributed by atoms with van der Waals surface area (Å²) in [5.74, 6) is 0.785. The number of alkyl carbamates (subject to hydrolysis) is 1. The van der Waals surface area contributed by atoms with Crippen molar-refractivity contribution < 1.29 is 9.53 Å². The first-order valence-corrected chi connectivity index (χ1v) is 10.0. The second-order valence-electron chi connectivity index (χ2n) is 7.05. The van der Waals surface area contributed by atoms with Crippen LogP contribution in [-0.4, -0.2) is 49.3 Å². The van der Waals surface area contributed by atoms with Crippen LogP contribution in [-0.2, 0) is 11.2 Å². The summed E-state index contributed by atoms with van der Waals surface area (Å²) in [6, 6.07) is 0. The van der Waals surface area contributed by atoms with Crippen molar-refractivity contribution in [1.29, 1.82) is 0 Å². The summed E-state index contributed by atoms with van der Waals surface area (Å²) in [5.41, 5.74) is 0.640. The number of nitrogens with zero attached hydrogens (tertiary/aromatic N) is 2. The quantitative estimate of drug-likeness (QED) is 0.205. The van der Waals surface area contributed by atoms with Gasteiger partial charge in [-0.1, -0.05) is 0 Å². The highest BCUT2D eigenvalue weighted by atomic mass is 127. The lowest BCUT2D eigenvalue weighted by molar-refractivity contribution is 0.0527. The Morgan fingerprint density at radius 3 is 2.33 bits per heavy atom. The number of halogens is 1. The molecule has 0 saturated heterocycles. The number of carbonyl (C=O) groups is 1. The zero-order valence-corrected chi connectivity index (χ0v) is 20.2. The topological polar surface area (TPSA) is 87.6 Å². The van der Waals surface area contributed by atoms with Crippen molar-refractivity contribution in [2.24, 2.45) is 4.99 Å². The van der Waals surface area contributed by atoms with Crippen LogP contribution in [0, 0.1) is 6.92 Å². The van der Waals surface area contributed by atoms with E-state index in [-0.39, 0.29) is 30.1 Å². The lowest BCUT2D eigenvalue weighted by Crippen LogP contribution is -2.39. The predicted molar refractivity (Wildman–Crippen MR) is 123 cm³/mol. The molecule has 1 amide bonds. The summed E-state index contributed by atoms with van der Waals surface area (Å²) in [4.78, 5) is 20.2. The third-order valence-corrected chi connectivity index (χ3v) is 4.34. The predicted octanol–water partition coefficient (Wildman–Crippen LogP) is 3.47. The van der Waals surface area contributed by atoms with Gasteiger partial charge in [-0.2, -0.15) is 0 Å². The number of aromatic nitrogens is 1. The maximum absolute atomic E-state index is 11.5. The van der Waals surface area contributed by atoms with E-state index in [4.69, 9.17) is 4.74 Å². The minimum absolute atomic E-state index is 0. The first kappa shape index (κ1) is 25.9. The largest absolute Gasteiger partial charge is 0.444 e. The van der Waals surface area contributed by atoms with E-state index in [1.165, 1.54) is 5.01 Å². The van der Waals surface area contributed by atoms with E-state index in [0.29, 0.717) is 6.54 Å². The Morgan fingerprint density at radius 2 is 1.78 bits per heavy atom. The first-order valence-electron chi connectivity index (χ1n) is 9.12. The lowest BCUT2D eigenvalue weighted by Gasteiger charge is -2.19. The monoisotopic (exact) mass is 511 g/mol. The molecule has 0 bridgehead atoms. The summed E-state index contributed by atoms with van der Waals surface area (Å²) in [7, 11) is 1.76. The number of hydrogen-bond donors (Lipinski definition) is 3. The Labute approximate surface area is 184 Å². The maximum atomic E-state index is 11.5. The van der Waals surface area contributed by atoms with Gasteiger partial charge in [0.1, 0.15) is 5.60 Å². The normalized spacial score (nSPS) is 11.5. The minimum Gasteiger partial charge on any atom is -0.444 e. The number of aliphatic imine (C=N–C) groups is 1. The number of ether oxygens (including phenoxy) is 1. The van der Waals surface area contributed by atoms with Gasteiger partial charge in [0.2, 0.25) is 0 Å². The van der Waals surface area contributed by atoms with Crippen molar-refractivity contribution in [2.45, 2.75) is 59.0 Å². The van der Waals surface area contributed by atoms with Crippen molar-refractivity contribution in [2.75, 3.05) is 26.7 Å². The number of hydrogen-bond acceptors (Lipinski definition) is 5. The number of thiazole rings is 1. The molecule has 0 fully saturated rings. The molecule has 27 heavy (non-hydrogen) atoms. The van der Waals surface area contributed by atoms with Gasteiger partial charge in [-0.15, -0.1) is 35.3 Å². The summed E-state index contributed by atoms with van der Waals surface area (Å²) in [5, 5.41) is 12.6. The number of amides is 1. The van der Waals surface area contributed by atoms with E-state index in [2.05, 4.69) is 31.3 Å². The number of unbranched alkanes of at least 4 members (excludes halogenated alkanes) is 1. The molecule has 0 unspecified atom stereocenters. The molecule has 0 radical (unpaired) electrons. The van der Waals surface area contributed by atoms with Gasteiger partial charge in [0, 0.05) is 37.8 Å². The maximum Gasteiger partial charge on any atom is 0.407 e. The second-order valence-corrected chi connectivity index (χ2v) is 7.99. The zero-order chi connectivity index (χ0) is 19.4. The summed E-state index contributed by atoms with van der Waals surface area (Å²) >= 11 is 1.73. The second kappa shape index (κ2) is 14.0. The van der Waals surface area contributed by atoms with Gasteiger partial charge in [-0.05, 0) is 53.4 Å². The van der Waals surface area contributed by atoms with Gasteiger partial charge in [-0.3, -0.25) is 4.99 Å². The lowest BCUT2D eigenvalue weighted by atomic mass is 10.2. The van der Waals surface area contributed by atoms with E-state index >= 15 is 0 Å². The molecule has 0 aliphatic rings. The highest BCUT2D eigenvalue weighted by molar-refractivity contribution is 14.0. The minimum atomic E-state index is -0.466. The van der Waals surface area contributed by atoms with E-state index in [0.717, 1.165) is 50.4 Å². The van der Waals surface area contributed by atoms with E-state index in [1.807, 2.05) is 27.7 Å². The van der Waals surface area contributed by atoms with E-state index in [9.17, 15) is 4.79 Å². The fraction of sp³-hybridized carbons (Fsp3) is 0.722. The van der Waals surface area contributed by atoms with Crippen molar-refractivity contribution in [3.63, 3.8) is 0 Å². The average Bonchev–Trinajstić information content (AvgIpc) is 2.96. The molecule has 0 aliphatic carbocycles. The van der Waals surface area contributed by atoms with E-state index < -0.39 is 5.60 Å². The Bertz CT molecular complexity index is 572. The average molecular weight is 511 g/mol. The molecular weight excluding hydrogens is 477 g/mol.